The molecule has 0 spiro atoms. The highest BCUT2D eigenvalue weighted by molar-refractivity contribution is 7.89. The average Bonchev–Trinajstić information content (AvgIpc) is 3.25. The molecule has 2 heterocycles. The number of thiazole rings is 1. The fourth-order valence-corrected chi connectivity index (χ4v) is 3.93. The lowest BCUT2D eigenvalue weighted by atomic mass is 10.1. The number of hydrogen-bond donors (Lipinski definition) is 2. The van der Waals surface area contributed by atoms with Crippen molar-refractivity contribution in [2.45, 2.75) is 25.3 Å². The Morgan fingerprint density at radius 2 is 2.08 bits per heavy atom. The van der Waals surface area contributed by atoms with Crippen LogP contribution in [0.1, 0.15) is 26.6 Å². The number of amides is 1. The maximum atomic E-state index is 12.5. The van der Waals surface area contributed by atoms with Gasteiger partial charge in [-0.25, -0.2) is 18.1 Å². The summed E-state index contributed by atoms with van der Waals surface area (Å²) < 4.78 is 32.5. The Kier molecular flexibility index (Phi) is 5.21. The van der Waals surface area contributed by atoms with Gasteiger partial charge in [0, 0.05) is 16.6 Å². The molecule has 2 aromatic heterocycles. The average molecular weight is 391 g/mol. The van der Waals surface area contributed by atoms with E-state index >= 15 is 0 Å². The summed E-state index contributed by atoms with van der Waals surface area (Å²) in [5.74, 6) is 0.0951. The Morgan fingerprint density at radius 3 is 2.73 bits per heavy atom. The van der Waals surface area contributed by atoms with Gasteiger partial charge in [-0.1, -0.05) is 6.07 Å². The molecule has 136 valence electrons. The summed E-state index contributed by atoms with van der Waals surface area (Å²) in [6.45, 7) is 3.66. The van der Waals surface area contributed by atoms with Gasteiger partial charge in [-0.2, -0.15) is 0 Å². The predicted molar refractivity (Wildman–Crippen MR) is 98.7 cm³/mol. The van der Waals surface area contributed by atoms with Crippen LogP contribution in [-0.4, -0.2) is 19.3 Å². The first-order valence-electron chi connectivity index (χ1n) is 7.71. The first kappa shape index (κ1) is 18.3. The summed E-state index contributed by atoms with van der Waals surface area (Å²) in [6, 6.07) is 7.77. The maximum Gasteiger partial charge on any atom is 0.257 e. The quantitative estimate of drug-likeness (QED) is 0.672. The highest BCUT2D eigenvalue weighted by Crippen LogP contribution is 2.20. The number of sulfonamides is 1. The summed E-state index contributed by atoms with van der Waals surface area (Å²) in [5, 5.41) is 3.16. The number of nitrogens with zero attached hydrogens (tertiary/aromatic N) is 1. The molecule has 26 heavy (non-hydrogen) atoms. The minimum absolute atomic E-state index is 0.00938. The number of anilines is 1. The fraction of sp³-hybridized carbons (Fsp3) is 0.176. The van der Waals surface area contributed by atoms with Gasteiger partial charge >= 0.3 is 0 Å². The van der Waals surface area contributed by atoms with Gasteiger partial charge in [0.2, 0.25) is 10.0 Å². The number of carbonyl (C=O) groups is 1. The molecule has 0 fully saturated rings. The largest absolute Gasteiger partial charge is 0.468 e. The van der Waals surface area contributed by atoms with Gasteiger partial charge in [0.25, 0.3) is 5.91 Å². The van der Waals surface area contributed by atoms with Crippen molar-refractivity contribution in [3.05, 3.63) is 64.6 Å². The summed E-state index contributed by atoms with van der Waals surface area (Å²) in [5.41, 5.74) is 0.944. The van der Waals surface area contributed by atoms with Gasteiger partial charge in [0.05, 0.1) is 17.7 Å². The number of carbonyl (C=O) groups excluding carboxylic acids is 1. The standard InChI is InChI=1S/C17H17N3O4S2/c1-11-5-6-14(26(22,23)19-10-13-4-3-7-24-13)8-15(11)16(21)20-17-18-9-12(2)25-17/h3-9,19H,10H2,1-2H3,(H,18,20,21). The van der Waals surface area contributed by atoms with E-state index in [1.54, 1.807) is 31.3 Å². The zero-order valence-electron chi connectivity index (χ0n) is 14.1. The SMILES string of the molecule is Cc1cnc(NC(=O)c2cc(S(=O)(=O)NCc3ccco3)ccc2C)s1. The zero-order valence-corrected chi connectivity index (χ0v) is 15.8. The van der Waals surface area contributed by atoms with Gasteiger partial charge in [0.1, 0.15) is 5.76 Å². The minimum Gasteiger partial charge on any atom is -0.468 e. The van der Waals surface area contributed by atoms with Crippen LogP contribution in [0.2, 0.25) is 0 Å². The molecule has 0 aliphatic carbocycles. The molecular weight excluding hydrogens is 374 g/mol. The van der Waals surface area contributed by atoms with Gasteiger partial charge in [-0.15, -0.1) is 11.3 Å². The van der Waals surface area contributed by atoms with E-state index in [9.17, 15) is 13.2 Å². The molecule has 3 rings (SSSR count). The van der Waals surface area contributed by atoms with Gasteiger partial charge in [0.15, 0.2) is 5.13 Å². The van der Waals surface area contributed by atoms with E-state index in [1.165, 1.54) is 29.7 Å². The van der Waals surface area contributed by atoms with Gasteiger partial charge < -0.3 is 4.42 Å². The third kappa shape index (κ3) is 4.18. The summed E-state index contributed by atoms with van der Waals surface area (Å²) in [4.78, 5) is 17.6. The van der Waals surface area contributed by atoms with Crippen molar-refractivity contribution in [3.8, 4) is 0 Å². The van der Waals surface area contributed by atoms with Crippen LogP contribution < -0.4 is 10.0 Å². The molecule has 1 aromatic carbocycles. The smallest absolute Gasteiger partial charge is 0.257 e. The van der Waals surface area contributed by atoms with Crippen molar-refractivity contribution in [1.29, 1.82) is 0 Å². The Morgan fingerprint density at radius 1 is 1.27 bits per heavy atom. The number of furan rings is 1. The summed E-state index contributed by atoms with van der Waals surface area (Å²) in [6.07, 6.45) is 3.13. The molecule has 0 bridgehead atoms. The second-order valence-corrected chi connectivity index (χ2v) is 8.61. The first-order chi connectivity index (χ1) is 12.3. The maximum absolute atomic E-state index is 12.5. The number of benzene rings is 1. The van der Waals surface area contributed by atoms with Crippen molar-refractivity contribution >= 4 is 32.4 Å². The number of rotatable bonds is 6. The Balaban J connectivity index is 1.80. The molecule has 0 unspecified atom stereocenters. The Hall–Kier alpha value is -2.49. The number of hydrogen-bond acceptors (Lipinski definition) is 6. The second-order valence-electron chi connectivity index (χ2n) is 5.61. The molecule has 0 saturated carbocycles. The molecular formula is C17H17N3O4S2. The third-order valence-electron chi connectivity index (χ3n) is 3.62. The molecule has 0 aliphatic heterocycles. The van der Waals surface area contributed by atoms with Gasteiger partial charge in [-0.05, 0) is 43.7 Å². The lowest BCUT2D eigenvalue weighted by Gasteiger charge is -2.10. The van der Waals surface area contributed by atoms with Gasteiger partial charge in [-0.3, -0.25) is 10.1 Å². The predicted octanol–water partition coefficient (Wildman–Crippen LogP) is 3.08. The molecule has 1 amide bonds. The number of aromatic nitrogens is 1. The number of nitrogens with one attached hydrogen (secondary N) is 2. The molecule has 7 nitrogen and oxygen atoms in total. The van der Waals surface area contributed by atoms with Crippen molar-refractivity contribution < 1.29 is 17.6 Å². The van der Waals surface area contributed by atoms with Crippen LogP contribution in [0.15, 0.2) is 52.1 Å². The molecule has 0 atom stereocenters. The fourth-order valence-electron chi connectivity index (χ4n) is 2.25. The van der Waals surface area contributed by atoms with E-state index in [-0.39, 0.29) is 17.0 Å². The molecule has 9 heteroatoms. The minimum atomic E-state index is -3.78. The molecule has 0 saturated heterocycles. The number of aryl methyl sites for hydroxylation is 2. The van der Waals surface area contributed by atoms with Crippen LogP contribution in [0, 0.1) is 13.8 Å². The topological polar surface area (TPSA) is 101 Å². The summed E-state index contributed by atoms with van der Waals surface area (Å²) in [7, 11) is -3.78. The molecule has 2 N–H and O–H groups in total. The monoisotopic (exact) mass is 391 g/mol. The van der Waals surface area contributed by atoms with Crippen molar-refractivity contribution in [2.24, 2.45) is 0 Å². The lowest BCUT2D eigenvalue weighted by molar-refractivity contribution is 0.102. The molecule has 3 aromatic rings. The van der Waals surface area contributed by atoms with E-state index in [1.807, 2.05) is 6.92 Å². The van der Waals surface area contributed by atoms with Crippen molar-refractivity contribution in [1.82, 2.24) is 9.71 Å². The third-order valence-corrected chi connectivity index (χ3v) is 5.85. The van der Waals surface area contributed by atoms with Crippen LogP contribution in [0.4, 0.5) is 5.13 Å². The van der Waals surface area contributed by atoms with Crippen LogP contribution in [0.5, 0.6) is 0 Å². The van der Waals surface area contributed by atoms with Crippen LogP contribution >= 0.6 is 11.3 Å². The van der Waals surface area contributed by atoms with Crippen molar-refractivity contribution in [2.75, 3.05) is 5.32 Å². The summed E-state index contributed by atoms with van der Waals surface area (Å²) >= 11 is 1.35. The highest BCUT2D eigenvalue weighted by atomic mass is 32.2. The zero-order chi connectivity index (χ0) is 18.7. The molecule has 0 radical (unpaired) electrons. The van der Waals surface area contributed by atoms with E-state index in [0.29, 0.717) is 16.5 Å². The molecule has 0 aliphatic rings. The second kappa shape index (κ2) is 7.40. The van der Waals surface area contributed by atoms with E-state index < -0.39 is 15.9 Å². The highest BCUT2D eigenvalue weighted by Gasteiger charge is 2.19. The van der Waals surface area contributed by atoms with E-state index in [4.69, 9.17) is 4.42 Å². The van der Waals surface area contributed by atoms with Crippen LogP contribution in [-0.2, 0) is 16.6 Å². The normalized spacial score (nSPS) is 11.5. The Bertz CT molecular complexity index is 1020. The first-order valence-corrected chi connectivity index (χ1v) is 10.0. The van der Waals surface area contributed by atoms with Crippen molar-refractivity contribution in [3.63, 3.8) is 0 Å². The Labute approximate surface area is 155 Å². The lowest BCUT2D eigenvalue weighted by Crippen LogP contribution is -2.24. The van der Waals surface area contributed by atoms with Crippen LogP contribution in [0.3, 0.4) is 0 Å². The van der Waals surface area contributed by atoms with E-state index in [2.05, 4.69) is 15.0 Å². The van der Waals surface area contributed by atoms with E-state index in [0.717, 1.165) is 4.88 Å². The van der Waals surface area contributed by atoms with Crippen LogP contribution in [0.25, 0.3) is 0 Å².